The summed E-state index contributed by atoms with van der Waals surface area (Å²) in [5, 5.41) is 7.30. The Morgan fingerprint density at radius 2 is 2.09 bits per heavy atom. The molecule has 1 aromatic heterocycles. The average molecular weight is 440 g/mol. The summed E-state index contributed by atoms with van der Waals surface area (Å²) in [6.45, 7) is 11.5. The molecule has 1 unspecified atom stereocenters. The second kappa shape index (κ2) is 10.8. The van der Waals surface area contributed by atoms with Gasteiger partial charge in [0.2, 0.25) is 0 Å². The highest BCUT2D eigenvalue weighted by atomic mass is 127. The van der Waals surface area contributed by atoms with Crippen molar-refractivity contribution in [3.05, 3.63) is 15.6 Å². The number of halogens is 1. The number of esters is 1. The number of rotatable bonds is 6. The number of hydrogen-bond acceptors (Lipinski definition) is 5. The number of aliphatic imine (C=N–C) groups is 1. The third kappa shape index (κ3) is 6.07. The van der Waals surface area contributed by atoms with Gasteiger partial charge in [-0.15, -0.1) is 35.3 Å². The Balaban J connectivity index is 0.00000441. The molecule has 2 N–H and O–H groups in total. The van der Waals surface area contributed by atoms with E-state index in [1.807, 2.05) is 27.7 Å². The summed E-state index contributed by atoms with van der Waals surface area (Å²) in [5.41, 5.74) is 0.708. The Bertz CT molecular complexity index is 505. The van der Waals surface area contributed by atoms with Gasteiger partial charge in [-0.2, -0.15) is 0 Å². The van der Waals surface area contributed by atoms with Gasteiger partial charge in [-0.05, 0) is 34.6 Å². The number of hydrogen-bond donors (Lipinski definition) is 2. The third-order valence-electron chi connectivity index (χ3n) is 2.66. The topological polar surface area (TPSA) is 75.6 Å². The zero-order valence-electron chi connectivity index (χ0n) is 13.7. The van der Waals surface area contributed by atoms with E-state index in [2.05, 4.69) is 20.6 Å². The monoisotopic (exact) mass is 440 g/mol. The van der Waals surface area contributed by atoms with E-state index < -0.39 is 0 Å². The van der Waals surface area contributed by atoms with Crippen molar-refractivity contribution in [1.29, 1.82) is 0 Å². The maximum atomic E-state index is 11.8. The highest BCUT2D eigenvalue weighted by molar-refractivity contribution is 14.0. The first-order valence-corrected chi connectivity index (χ1v) is 8.04. The van der Waals surface area contributed by atoms with E-state index in [1.54, 1.807) is 6.92 Å². The van der Waals surface area contributed by atoms with Gasteiger partial charge in [0.05, 0.1) is 18.3 Å². The predicted octanol–water partition coefficient (Wildman–Crippen LogP) is 2.88. The Hall–Kier alpha value is -0.900. The number of nitrogens with one attached hydrogen (secondary N) is 2. The van der Waals surface area contributed by atoms with Crippen LogP contribution in [0.15, 0.2) is 4.99 Å². The van der Waals surface area contributed by atoms with Crippen LogP contribution in [0.5, 0.6) is 0 Å². The van der Waals surface area contributed by atoms with E-state index >= 15 is 0 Å². The van der Waals surface area contributed by atoms with Crippen LogP contribution < -0.4 is 10.6 Å². The first kappa shape index (κ1) is 21.1. The van der Waals surface area contributed by atoms with E-state index in [0.717, 1.165) is 17.5 Å². The lowest BCUT2D eigenvalue weighted by Crippen LogP contribution is -2.38. The van der Waals surface area contributed by atoms with Crippen molar-refractivity contribution in [2.45, 2.75) is 40.7 Å². The van der Waals surface area contributed by atoms with Gasteiger partial charge in [-0.3, -0.25) is 4.99 Å². The van der Waals surface area contributed by atoms with Crippen molar-refractivity contribution in [3.8, 4) is 0 Å². The number of nitrogens with zero attached hydrogens (tertiary/aromatic N) is 2. The lowest BCUT2D eigenvalue weighted by molar-refractivity contribution is 0.0531. The minimum Gasteiger partial charge on any atom is -0.462 e. The average Bonchev–Trinajstić information content (AvgIpc) is 2.82. The lowest BCUT2D eigenvalue weighted by Gasteiger charge is -2.15. The Labute approximate surface area is 153 Å². The Morgan fingerprint density at radius 3 is 2.64 bits per heavy atom. The molecule has 0 radical (unpaired) electrons. The number of thiazole rings is 1. The first-order valence-electron chi connectivity index (χ1n) is 7.22. The van der Waals surface area contributed by atoms with Crippen LogP contribution in [0.25, 0.3) is 0 Å². The first-order chi connectivity index (χ1) is 10.0. The molecule has 1 rings (SSSR count). The molecule has 0 saturated carbocycles. The molecular formula is C14H25IN4O2S. The minimum absolute atomic E-state index is 0. The van der Waals surface area contributed by atoms with Gasteiger partial charge >= 0.3 is 5.97 Å². The van der Waals surface area contributed by atoms with Crippen LogP contribution in [0, 0.1) is 6.92 Å². The van der Waals surface area contributed by atoms with Gasteiger partial charge in [0.25, 0.3) is 0 Å². The van der Waals surface area contributed by atoms with Gasteiger partial charge in [-0.25, -0.2) is 9.78 Å². The number of carbonyl (C=O) groups is 1. The molecule has 0 spiro atoms. The predicted molar refractivity (Wildman–Crippen MR) is 101 cm³/mol. The van der Waals surface area contributed by atoms with E-state index in [9.17, 15) is 4.79 Å². The van der Waals surface area contributed by atoms with Gasteiger partial charge in [0.15, 0.2) is 5.96 Å². The quantitative estimate of drug-likeness (QED) is 0.308. The molecular weight excluding hydrogens is 415 g/mol. The summed E-state index contributed by atoms with van der Waals surface area (Å²) in [5.74, 6) is 0.443. The van der Waals surface area contributed by atoms with Crippen LogP contribution in [-0.2, 0) is 4.74 Å². The highest BCUT2D eigenvalue weighted by Crippen LogP contribution is 2.24. The second-order valence-corrected chi connectivity index (χ2v) is 5.44. The molecule has 0 saturated heterocycles. The van der Waals surface area contributed by atoms with Crippen LogP contribution in [0.4, 0.5) is 0 Å². The van der Waals surface area contributed by atoms with Crippen LogP contribution in [0.2, 0.25) is 0 Å². The summed E-state index contributed by atoms with van der Waals surface area (Å²) in [6, 6.07) is -0.0266. The number of guanidine groups is 1. The fourth-order valence-corrected chi connectivity index (χ4v) is 2.70. The van der Waals surface area contributed by atoms with Gasteiger partial charge in [0.1, 0.15) is 9.88 Å². The molecule has 1 atom stereocenters. The molecule has 0 aliphatic heterocycles. The standard InChI is InChI=1S/C14H24N4O2S.HI/c1-6-15-14(16-7-2)18-10(5)12-17-9(4)11(21-12)13(19)20-8-3;/h10H,6-8H2,1-5H3,(H2,15,16,18);1H. The molecule has 126 valence electrons. The van der Waals surface area contributed by atoms with E-state index in [1.165, 1.54) is 11.3 Å². The molecule has 8 heteroatoms. The minimum atomic E-state index is -0.305. The number of aryl methyl sites for hydroxylation is 1. The fourth-order valence-electron chi connectivity index (χ4n) is 1.73. The van der Waals surface area contributed by atoms with Gasteiger partial charge in [-0.1, -0.05) is 0 Å². The maximum Gasteiger partial charge on any atom is 0.350 e. The lowest BCUT2D eigenvalue weighted by atomic mass is 10.3. The van der Waals surface area contributed by atoms with Crippen molar-refractivity contribution in [2.24, 2.45) is 4.99 Å². The summed E-state index contributed by atoms with van der Waals surface area (Å²) in [7, 11) is 0. The summed E-state index contributed by atoms with van der Waals surface area (Å²) in [4.78, 5) is 21.2. The number of ether oxygens (including phenoxy) is 1. The van der Waals surface area contributed by atoms with Crippen LogP contribution in [-0.4, -0.2) is 36.6 Å². The Morgan fingerprint density at radius 1 is 1.41 bits per heavy atom. The summed E-state index contributed by atoms with van der Waals surface area (Å²) >= 11 is 1.36. The van der Waals surface area contributed by atoms with Crippen molar-refractivity contribution in [1.82, 2.24) is 15.6 Å². The van der Waals surface area contributed by atoms with E-state index in [0.29, 0.717) is 23.7 Å². The SMILES string of the molecule is CCN=C(NCC)NC(C)c1nc(C)c(C(=O)OCC)s1.I. The van der Waals surface area contributed by atoms with E-state index in [4.69, 9.17) is 4.74 Å². The van der Waals surface area contributed by atoms with Gasteiger partial charge in [0, 0.05) is 13.1 Å². The molecule has 0 fully saturated rings. The van der Waals surface area contributed by atoms with Crippen molar-refractivity contribution >= 4 is 47.2 Å². The van der Waals surface area contributed by atoms with Crippen molar-refractivity contribution in [2.75, 3.05) is 19.7 Å². The Kier molecular flexibility index (Phi) is 10.3. The van der Waals surface area contributed by atoms with Crippen LogP contribution >= 0.6 is 35.3 Å². The van der Waals surface area contributed by atoms with Crippen LogP contribution in [0.1, 0.15) is 54.1 Å². The molecule has 0 aromatic carbocycles. The summed E-state index contributed by atoms with van der Waals surface area (Å²) in [6.07, 6.45) is 0. The molecule has 0 aliphatic rings. The molecule has 0 aliphatic carbocycles. The van der Waals surface area contributed by atoms with Crippen molar-refractivity contribution < 1.29 is 9.53 Å². The fraction of sp³-hybridized carbons (Fsp3) is 0.643. The van der Waals surface area contributed by atoms with E-state index in [-0.39, 0.29) is 36.0 Å². The molecule has 1 aromatic rings. The third-order valence-corrected chi connectivity index (χ3v) is 3.98. The zero-order valence-corrected chi connectivity index (χ0v) is 16.9. The molecule has 0 bridgehead atoms. The molecule has 1 heterocycles. The normalized spacial score (nSPS) is 12.3. The van der Waals surface area contributed by atoms with Gasteiger partial charge < -0.3 is 15.4 Å². The molecule has 6 nitrogen and oxygen atoms in total. The van der Waals surface area contributed by atoms with Crippen LogP contribution in [0.3, 0.4) is 0 Å². The zero-order chi connectivity index (χ0) is 15.8. The molecule has 22 heavy (non-hydrogen) atoms. The molecule has 0 amide bonds. The highest BCUT2D eigenvalue weighted by Gasteiger charge is 2.19. The largest absolute Gasteiger partial charge is 0.462 e. The smallest absolute Gasteiger partial charge is 0.350 e. The number of carbonyl (C=O) groups excluding carboxylic acids is 1. The summed E-state index contributed by atoms with van der Waals surface area (Å²) < 4.78 is 5.04. The maximum absolute atomic E-state index is 11.8. The van der Waals surface area contributed by atoms with Crippen molar-refractivity contribution in [3.63, 3.8) is 0 Å². The second-order valence-electron chi connectivity index (χ2n) is 4.41. The number of aromatic nitrogens is 1.